The highest BCUT2D eigenvalue weighted by Crippen LogP contribution is 2.16. The van der Waals surface area contributed by atoms with E-state index in [1.807, 2.05) is 18.2 Å². The van der Waals surface area contributed by atoms with E-state index < -0.39 is 5.82 Å². The Morgan fingerprint density at radius 1 is 1.38 bits per heavy atom. The Morgan fingerprint density at radius 3 is 2.76 bits per heavy atom. The van der Waals surface area contributed by atoms with E-state index in [9.17, 15) is 9.18 Å². The number of benzene rings is 1. The van der Waals surface area contributed by atoms with Gasteiger partial charge in [0.2, 0.25) is 0 Å². The Hall–Kier alpha value is -2.94. The Labute approximate surface area is 121 Å². The summed E-state index contributed by atoms with van der Waals surface area (Å²) in [7, 11) is 1.63. The van der Waals surface area contributed by atoms with Gasteiger partial charge in [-0.1, -0.05) is 0 Å². The van der Waals surface area contributed by atoms with Crippen molar-refractivity contribution in [1.29, 1.82) is 5.26 Å². The monoisotopic (exact) mass is 284 g/mol. The zero-order valence-electron chi connectivity index (χ0n) is 11.4. The Morgan fingerprint density at radius 2 is 2.10 bits per heavy atom. The van der Waals surface area contributed by atoms with Gasteiger partial charge in [0.1, 0.15) is 11.9 Å². The van der Waals surface area contributed by atoms with Gasteiger partial charge in [-0.05, 0) is 35.9 Å². The molecule has 0 saturated carbocycles. The number of hydrogen-bond donors (Lipinski definition) is 1. The van der Waals surface area contributed by atoms with Crippen molar-refractivity contribution < 1.29 is 9.18 Å². The summed E-state index contributed by atoms with van der Waals surface area (Å²) in [6.45, 7) is 0.400. The number of nitrogens with one attached hydrogen (secondary N) is 1. The molecule has 5 nitrogen and oxygen atoms in total. The molecule has 2 aromatic rings. The summed E-state index contributed by atoms with van der Waals surface area (Å²) < 4.78 is 13.0. The Balaban J connectivity index is 2.06. The minimum Gasteiger partial charge on any atom is -0.323 e. The highest BCUT2D eigenvalue weighted by atomic mass is 19.1. The molecule has 0 aliphatic heterocycles. The second kappa shape index (κ2) is 6.48. The summed E-state index contributed by atoms with van der Waals surface area (Å²) in [5.74, 6) is -0.519. The lowest BCUT2D eigenvalue weighted by atomic mass is 10.2. The smallest absolute Gasteiger partial charge is 0.321 e. The van der Waals surface area contributed by atoms with Crippen molar-refractivity contribution in [1.82, 2.24) is 9.88 Å². The summed E-state index contributed by atoms with van der Waals surface area (Å²) >= 11 is 0. The third-order valence-electron chi connectivity index (χ3n) is 2.86. The molecule has 0 aliphatic rings. The molecule has 0 fully saturated rings. The van der Waals surface area contributed by atoms with E-state index in [-0.39, 0.29) is 17.3 Å². The molecule has 0 saturated heterocycles. The summed E-state index contributed by atoms with van der Waals surface area (Å²) in [6, 6.07) is 8.73. The largest absolute Gasteiger partial charge is 0.323 e. The lowest BCUT2D eigenvalue weighted by Gasteiger charge is -2.18. The number of halogens is 1. The van der Waals surface area contributed by atoms with E-state index in [0.717, 1.165) is 11.6 Å². The first-order chi connectivity index (χ1) is 10.1. The number of aromatic nitrogens is 1. The van der Waals surface area contributed by atoms with Crippen LogP contribution >= 0.6 is 0 Å². The fourth-order valence-electron chi connectivity index (χ4n) is 1.76. The number of carbonyl (C=O) groups excluding carboxylic acids is 1. The second-order valence-electron chi connectivity index (χ2n) is 4.44. The molecule has 1 heterocycles. The summed E-state index contributed by atoms with van der Waals surface area (Å²) in [5, 5.41) is 11.5. The molecule has 1 aromatic heterocycles. The predicted molar refractivity (Wildman–Crippen MR) is 75.8 cm³/mol. The highest BCUT2D eigenvalue weighted by Gasteiger charge is 2.12. The van der Waals surface area contributed by atoms with E-state index >= 15 is 0 Å². The number of nitriles is 1. The number of carbonyl (C=O) groups is 1. The van der Waals surface area contributed by atoms with Gasteiger partial charge in [0.05, 0.1) is 11.3 Å². The maximum atomic E-state index is 13.0. The third-order valence-corrected chi connectivity index (χ3v) is 2.86. The van der Waals surface area contributed by atoms with Crippen LogP contribution in [0.15, 0.2) is 42.7 Å². The van der Waals surface area contributed by atoms with Crippen molar-refractivity contribution in [2.45, 2.75) is 6.54 Å². The molecule has 0 unspecified atom stereocenters. The molecule has 6 heteroatoms. The van der Waals surface area contributed by atoms with Crippen molar-refractivity contribution in [3.63, 3.8) is 0 Å². The molecule has 2 amide bonds. The van der Waals surface area contributed by atoms with Crippen LogP contribution in [0.4, 0.5) is 14.9 Å². The van der Waals surface area contributed by atoms with Gasteiger partial charge >= 0.3 is 6.03 Å². The minimum absolute atomic E-state index is 0.0839. The molecule has 21 heavy (non-hydrogen) atoms. The Bertz CT molecular complexity index is 682. The lowest BCUT2D eigenvalue weighted by molar-refractivity contribution is 0.220. The van der Waals surface area contributed by atoms with Gasteiger partial charge in [-0.2, -0.15) is 5.26 Å². The molecule has 0 bridgehead atoms. The first-order valence-corrected chi connectivity index (χ1v) is 6.21. The molecule has 1 aromatic carbocycles. The number of nitrogens with zero attached hydrogens (tertiary/aromatic N) is 3. The molecule has 0 radical (unpaired) electrons. The van der Waals surface area contributed by atoms with Crippen LogP contribution in [0.1, 0.15) is 11.1 Å². The first-order valence-electron chi connectivity index (χ1n) is 6.21. The van der Waals surface area contributed by atoms with Gasteiger partial charge in [-0.3, -0.25) is 4.98 Å². The van der Waals surface area contributed by atoms with Crippen molar-refractivity contribution >= 4 is 11.7 Å². The van der Waals surface area contributed by atoms with Gasteiger partial charge in [0, 0.05) is 26.0 Å². The van der Waals surface area contributed by atoms with E-state index in [2.05, 4.69) is 10.3 Å². The minimum atomic E-state index is -0.519. The van der Waals surface area contributed by atoms with Crippen molar-refractivity contribution in [2.75, 3.05) is 12.4 Å². The lowest BCUT2D eigenvalue weighted by Crippen LogP contribution is -2.31. The van der Waals surface area contributed by atoms with E-state index in [1.54, 1.807) is 19.4 Å². The van der Waals surface area contributed by atoms with Crippen LogP contribution in [0.3, 0.4) is 0 Å². The second-order valence-corrected chi connectivity index (χ2v) is 4.44. The maximum absolute atomic E-state index is 13.0. The summed E-state index contributed by atoms with van der Waals surface area (Å²) in [6.07, 6.45) is 3.30. The fraction of sp³-hybridized carbons (Fsp3) is 0.133. The van der Waals surface area contributed by atoms with E-state index in [1.165, 1.54) is 17.0 Å². The van der Waals surface area contributed by atoms with Crippen LogP contribution in [-0.4, -0.2) is 23.0 Å². The molecule has 0 atom stereocenters. The number of anilines is 1. The van der Waals surface area contributed by atoms with Gasteiger partial charge in [0.25, 0.3) is 0 Å². The summed E-state index contributed by atoms with van der Waals surface area (Å²) in [4.78, 5) is 17.4. The topological polar surface area (TPSA) is 69.0 Å². The van der Waals surface area contributed by atoms with E-state index in [4.69, 9.17) is 5.26 Å². The van der Waals surface area contributed by atoms with Crippen LogP contribution in [-0.2, 0) is 6.54 Å². The Kier molecular flexibility index (Phi) is 4.46. The molecular weight excluding hydrogens is 271 g/mol. The van der Waals surface area contributed by atoms with Crippen LogP contribution < -0.4 is 5.32 Å². The van der Waals surface area contributed by atoms with Gasteiger partial charge in [-0.25, -0.2) is 9.18 Å². The van der Waals surface area contributed by atoms with Crippen LogP contribution in [0, 0.1) is 17.1 Å². The SMILES string of the molecule is CN(Cc1ccncc1)C(=O)Nc1ccc(F)cc1C#N. The quantitative estimate of drug-likeness (QED) is 0.942. The number of pyridine rings is 1. The molecule has 0 aliphatic carbocycles. The van der Waals surface area contributed by atoms with Gasteiger partial charge < -0.3 is 10.2 Å². The van der Waals surface area contributed by atoms with Crippen LogP contribution in [0.25, 0.3) is 0 Å². The molecule has 2 rings (SSSR count). The number of urea groups is 1. The highest BCUT2D eigenvalue weighted by molar-refractivity contribution is 5.90. The average molecular weight is 284 g/mol. The zero-order valence-corrected chi connectivity index (χ0v) is 11.4. The van der Waals surface area contributed by atoms with Crippen LogP contribution in [0.2, 0.25) is 0 Å². The predicted octanol–water partition coefficient (Wildman–Crippen LogP) is 2.76. The normalized spacial score (nSPS) is 9.76. The standard InChI is InChI=1S/C15H13FN4O/c1-20(10-11-4-6-18-7-5-11)15(21)19-14-3-2-13(16)8-12(14)9-17/h2-8H,10H2,1H3,(H,19,21). The van der Waals surface area contributed by atoms with Gasteiger partial charge in [-0.15, -0.1) is 0 Å². The number of amides is 2. The summed E-state index contributed by atoms with van der Waals surface area (Å²) in [5.41, 5.74) is 1.30. The van der Waals surface area contributed by atoms with Crippen molar-refractivity contribution in [3.8, 4) is 6.07 Å². The molecule has 0 spiro atoms. The molecule has 1 N–H and O–H groups in total. The average Bonchev–Trinajstić information content (AvgIpc) is 2.49. The van der Waals surface area contributed by atoms with Crippen LogP contribution in [0.5, 0.6) is 0 Å². The molecule has 106 valence electrons. The van der Waals surface area contributed by atoms with E-state index in [0.29, 0.717) is 6.54 Å². The zero-order chi connectivity index (χ0) is 15.2. The first kappa shape index (κ1) is 14.5. The maximum Gasteiger partial charge on any atom is 0.321 e. The molecular formula is C15H13FN4O. The third kappa shape index (κ3) is 3.76. The fourth-order valence-corrected chi connectivity index (χ4v) is 1.76. The van der Waals surface area contributed by atoms with Crippen molar-refractivity contribution in [2.24, 2.45) is 0 Å². The number of rotatable bonds is 3. The van der Waals surface area contributed by atoms with Crippen molar-refractivity contribution in [3.05, 3.63) is 59.7 Å². The number of hydrogen-bond acceptors (Lipinski definition) is 3. The van der Waals surface area contributed by atoms with Gasteiger partial charge in [0.15, 0.2) is 0 Å².